The van der Waals surface area contributed by atoms with Crippen LogP contribution in [0, 0.1) is 0 Å². The third-order valence-electron chi connectivity index (χ3n) is 5.10. The first-order chi connectivity index (χ1) is 15.3. The first-order valence-corrected chi connectivity index (χ1v) is 11.7. The van der Waals surface area contributed by atoms with Crippen molar-refractivity contribution in [1.29, 1.82) is 0 Å². The van der Waals surface area contributed by atoms with E-state index in [1.54, 1.807) is 11.3 Å². The Morgan fingerprint density at radius 3 is 1.74 bits per heavy atom. The number of para-hydroxylation sites is 1. The van der Waals surface area contributed by atoms with E-state index in [9.17, 15) is 4.79 Å². The van der Waals surface area contributed by atoms with Crippen LogP contribution < -0.4 is 4.90 Å². The van der Waals surface area contributed by atoms with E-state index in [-0.39, 0.29) is 0 Å². The van der Waals surface area contributed by atoms with Crippen LogP contribution in [0.1, 0.15) is 9.67 Å². The van der Waals surface area contributed by atoms with Gasteiger partial charge in [-0.3, -0.25) is 4.79 Å². The highest BCUT2D eigenvalue weighted by Crippen LogP contribution is 2.37. The van der Waals surface area contributed by atoms with E-state index >= 15 is 0 Å². The maximum atomic E-state index is 11.0. The highest BCUT2D eigenvalue weighted by Gasteiger charge is 2.13. The fraction of sp³-hybridized carbons (Fsp3) is 0. The van der Waals surface area contributed by atoms with Crippen molar-refractivity contribution in [2.45, 2.75) is 0 Å². The average Bonchev–Trinajstić information content (AvgIpc) is 3.54. The van der Waals surface area contributed by atoms with Gasteiger partial charge in [-0.2, -0.15) is 0 Å². The van der Waals surface area contributed by atoms with Crippen molar-refractivity contribution in [3.05, 3.63) is 113 Å². The lowest BCUT2D eigenvalue weighted by atomic mass is 10.1. The van der Waals surface area contributed by atoms with Gasteiger partial charge in [0.05, 0.1) is 4.88 Å². The van der Waals surface area contributed by atoms with Gasteiger partial charge in [-0.15, -0.1) is 22.7 Å². The van der Waals surface area contributed by atoms with E-state index in [4.69, 9.17) is 0 Å². The molecule has 0 aliphatic carbocycles. The Labute approximate surface area is 189 Å². The summed E-state index contributed by atoms with van der Waals surface area (Å²) < 4.78 is 0. The second kappa shape index (κ2) is 8.72. The van der Waals surface area contributed by atoms with Crippen LogP contribution >= 0.6 is 22.7 Å². The average molecular weight is 438 g/mol. The minimum Gasteiger partial charge on any atom is -0.311 e. The molecule has 2 aromatic heterocycles. The third kappa shape index (κ3) is 4.08. The molecule has 31 heavy (non-hydrogen) atoms. The Kier molecular flexibility index (Phi) is 5.48. The zero-order chi connectivity index (χ0) is 21.0. The Morgan fingerprint density at radius 1 is 0.581 bits per heavy atom. The van der Waals surface area contributed by atoms with E-state index in [1.165, 1.54) is 21.8 Å². The molecule has 0 saturated carbocycles. The van der Waals surface area contributed by atoms with Crippen molar-refractivity contribution >= 4 is 46.0 Å². The molecule has 3 aromatic carbocycles. The third-order valence-corrected chi connectivity index (χ3v) is 7.08. The van der Waals surface area contributed by atoms with Gasteiger partial charge in [0, 0.05) is 26.8 Å². The molecule has 0 fully saturated rings. The number of aldehydes is 1. The molecule has 5 rings (SSSR count). The molecular weight excluding hydrogens is 418 g/mol. The summed E-state index contributed by atoms with van der Waals surface area (Å²) in [5.41, 5.74) is 5.65. The smallest absolute Gasteiger partial charge is 0.160 e. The van der Waals surface area contributed by atoms with Crippen LogP contribution in [-0.2, 0) is 0 Å². The lowest BCUT2D eigenvalue weighted by Crippen LogP contribution is -2.09. The normalized spacial score (nSPS) is 10.7. The van der Waals surface area contributed by atoms with E-state index < -0.39 is 0 Å². The minimum atomic E-state index is 0.746. The zero-order valence-corrected chi connectivity index (χ0v) is 18.3. The molecule has 0 saturated heterocycles. The summed E-state index contributed by atoms with van der Waals surface area (Å²) in [6.45, 7) is 0. The number of hydrogen-bond donors (Lipinski definition) is 0. The quantitative estimate of drug-likeness (QED) is 0.248. The molecule has 2 nitrogen and oxygen atoms in total. The molecule has 4 heteroatoms. The Morgan fingerprint density at radius 2 is 1.19 bits per heavy atom. The van der Waals surface area contributed by atoms with Crippen LogP contribution in [0.25, 0.3) is 20.9 Å². The highest BCUT2D eigenvalue weighted by molar-refractivity contribution is 7.17. The molecule has 2 heterocycles. The van der Waals surface area contributed by atoms with Crippen molar-refractivity contribution in [3.8, 4) is 20.9 Å². The van der Waals surface area contributed by atoms with Gasteiger partial charge in [-0.05, 0) is 71.1 Å². The lowest BCUT2D eigenvalue weighted by molar-refractivity contribution is 0.112. The van der Waals surface area contributed by atoms with Gasteiger partial charge in [0.15, 0.2) is 6.29 Å². The molecule has 0 atom stereocenters. The number of carbonyl (C=O) groups excluding carboxylic acids is 1. The van der Waals surface area contributed by atoms with Gasteiger partial charge in [0.2, 0.25) is 0 Å². The lowest BCUT2D eigenvalue weighted by Gasteiger charge is -2.25. The van der Waals surface area contributed by atoms with Gasteiger partial charge in [-0.25, -0.2) is 0 Å². The van der Waals surface area contributed by atoms with E-state index in [0.29, 0.717) is 0 Å². The number of nitrogens with zero attached hydrogens (tertiary/aromatic N) is 1. The maximum Gasteiger partial charge on any atom is 0.160 e. The SMILES string of the molecule is O=Cc1ccc(-c2ccc(N(c3ccccc3)c3ccc(-c4cccs4)cc3)cc2)s1. The summed E-state index contributed by atoms with van der Waals surface area (Å²) in [5.74, 6) is 0. The Hall–Kier alpha value is -3.47. The van der Waals surface area contributed by atoms with Crippen LogP contribution in [0.2, 0.25) is 0 Å². The van der Waals surface area contributed by atoms with Crippen LogP contribution in [0.3, 0.4) is 0 Å². The number of thiophene rings is 2. The minimum absolute atomic E-state index is 0.746. The van der Waals surface area contributed by atoms with Gasteiger partial charge in [0.25, 0.3) is 0 Å². The molecule has 150 valence electrons. The summed E-state index contributed by atoms with van der Waals surface area (Å²) >= 11 is 3.26. The van der Waals surface area contributed by atoms with Gasteiger partial charge in [-0.1, -0.05) is 48.5 Å². The molecule has 0 bridgehead atoms. The van der Waals surface area contributed by atoms with Crippen LogP contribution in [0.5, 0.6) is 0 Å². The number of hydrogen-bond acceptors (Lipinski definition) is 4. The summed E-state index contributed by atoms with van der Waals surface area (Å²) in [6, 6.07) is 35.7. The number of rotatable bonds is 6. The topological polar surface area (TPSA) is 20.3 Å². The summed E-state index contributed by atoms with van der Waals surface area (Å²) in [5, 5.41) is 2.10. The Balaban J connectivity index is 1.52. The fourth-order valence-electron chi connectivity index (χ4n) is 3.59. The Bertz CT molecular complexity index is 1270. The zero-order valence-electron chi connectivity index (χ0n) is 16.6. The second-order valence-corrected chi connectivity index (χ2v) is 9.12. The van der Waals surface area contributed by atoms with Gasteiger partial charge >= 0.3 is 0 Å². The fourth-order valence-corrected chi connectivity index (χ4v) is 5.15. The molecule has 0 aliphatic heterocycles. The van der Waals surface area contributed by atoms with Crippen molar-refractivity contribution in [3.63, 3.8) is 0 Å². The molecule has 0 aliphatic rings. The molecular formula is C27H19NOS2. The highest BCUT2D eigenvalue weighted by atomic mass is 32.1. The summed E-state index contributed by atoms with van der Waals surface area (Å²) in [4.78, 5) is 16.4. The van der Waals surface area contributed by atoms with Crippen molar-refractivity contribution in [1.82, 2.24) is 0 Å². The first kappa shape index (κ1) is 19.5. The molecule has 5 aromatic rings. The number of anilines is 3. The predicted molar refractivity (Wildman–Crippen MR) is 133 cm³/mol. The number of carbonyl (C=O) groups is 1. The standard InChI is InChI=1S/C27H19NOS2/c29-19-25-16-17-27(31-25)21-10-14-24(15-11-21)28(22-5-2-1-3-6-22)23-12-8-20(9-13-23)26-7-4-18-30-26/h1-19H. The van der Waals surface area contributed by atoms with Crippen molar-refractivity contribution in [2.24, 2.45) is 0 Å². The monoisotopic (exact) mass is 437 g/mol. The van der Waals surface area contributed by atoms with Gasteiger partial charge < -0.3 is 4.90 Å². The molecule has 0 radical (unpaired) electrons. The van der Waals surface area contributed by atoms with Crippen molar-refractivity contribution in [2.75, 3.05) is 4.90 Å². The van der Waals surface area contributed by atoms with Crippen LogP contribution in [0.4, 0.5) is 17.1 Å². The second-order valence-electron chi connectivity index (χ2n) is 7.06. The van der Waals surface area contributed by atoms with E-state index in [2.05, 4.69) is 95.2 Å². The largest absolute Gasteiger partial charge is 0.311 e. The van der Waals surface area contributed by atoms with Crippen molar-refractivity contribution < 1.29 is 4.79 Å². The molecule has 0 unspecified atom stereocenters. The van der Waals surface area contributed by atoms with Crippen LogP contribution in [0.15, 0.2) is 109 Å². The van der Waals surface area contributed by atoms with Gasteiger partial charge in [0.1, 0.15) is 0 Å². The first-order valence-electron chi connectivity index (χ1n) is 9.96. The summed E-state index contributed by atoms with van der Waals surface area (Å²) in [7, 11) is 0. The molecule has 0 amide bonds. The van der Waals surface area contributed by atoms with E-state index in [0.717, 1.165) is 38.7 Å². The van der Waals surface area contributed by atoms with E-state index in [1.807, 2.05) is 18.2 Å². The molecule has 0 N–H and O–H groups in total. The maximum absolute atomic E-state index is 11.0. The summed E-state index contributed by atoms with van der Waals surface area (Å²) in [6.07, 6.45) is 0.902. The number of benzene rings is 3. The molecule has 0 spiro atoms. The van der Waals surface area contributed by atoms with Crippen LogP contribution in [-0.4, -0.2) is 6.29 Å². The predicted octanol–water partition coefficient (Wildman–Crippen LogP) is 8.43.